The molecule has 0 saturated carbocycles. The molecule has 5 heteroatoms. The van der Waals surface area contributed by atoms with Crippen LogP contribution < -0.4 is 5.32 Å². The van der Waals surface area contributed by atoms with E-state index in [0.29, 0.717) is 13.2 Å². The summed E-state index contributed by atoms with van der Waals surface area (Å²) in [5, 5.41) is 3.24. The molecule has 1 N–H and O–H groups in total. The van der Waals surface area contributed by atoms with Crippen molar-refractivity contribution in [2.24, 2.45) is 0 Å². The number of methoxy groups -OCH3 is 1. The van der Waals surface area contributed by atoms with E-state index in [2.05, 4.69) is 15.3 Å². The molecule has 1 aromatic heterocycles. The van der Waals surface area contributed by atoms with Crippen LogP contribution >= 0.6 is 0 Å². The van der Waals surface area contributed by atoms with E-state index < -0.39 is 0 Å². The van der Waals surface area contributed by atoms with E-state index in [9.17, 15) is 0 Å². The van der Waals surface area contributed by atoms with Gasteiger partial charge >= 0.3 is 0 Å². The molecule has 0 atom stereocenters. The van der Waals surface area contributed by atoms with Crippen molar-refractivity contribution in [2.75, 3.05) is 33.5 Å². The fourth-order valence-electron chi connectivity index (χ4n) is 1.32. The van der Waals surface area contributed by atoms with Crippen LogP contribution in [0.3, 0.4) is 0 Å². The van der Waals surface area contributed by atoms with Crippen molar-refractivity contribution in [1.82, 2.24) is 15.3 Å². The van der Waals surface area contributed by atoms with Gasteiger partial charge in [0.15, 0.2) is 0 Å². The van der Waals surface area contributed by atoms with Gasteiger partial charge in [-0.3, -0.25) is 0 Å². The molecular formula is C12H21N3O2. The van der Waals surface area contributed by atoms with E-state index in [1.807, 2.05) is 19.3 Å². The summed E-state index contributed by atoms with van der Waals surface area (Å²) in [7, 11) is 1.69. The summed E-state index contributed by atoms with van der Waals surface area (Å²) in [6.07, 6.45) is 4.48. The highest BCUT2D eigenvalue weighted by Crippen LogP contribution is 1.97. The van der Waals surface area contributed by atoms with Gasteiger partial charge in [-0.15, -0.1) is 0 Å². The highest BCUT2D eigenvalue weighted by molar-refractivity contribution is 5.04. The van der Waals surface area contributed by atoms with E-state index in [4.69, 9.17) is 9.47 Å². The summed E-state index contributed by atoms with van der Waals surface area (Å²) in [4.78, 5) is 8.57. The summed E-state index contributed by atoms with van der Waals surface area (Å²) in [5.74, 6) is 0.832. The van der Waals surface area contributed by atoms with Crippen LogP contribution in [0.4, 0.5) is 0 Å². The number of nitrogens with one attached hydrogen (secondary N) is 1. The Kier molecular flexibility index (Phi) is 7.46. The van der Waals surface area contributed by atoms with Crippen molar-refractivity contribution < 1.29 is 9.47 Å². The lowest BCUT2D eigenvalue weighted by atomic mass is 10.3. The van der Waals surface area contributed by atoms with Gasteiger partial charge in [0, 0.05) is 51.2 Å². The fraction of sp³-hybridized carbons (Fsp3) is 0.667. The minimum atomic E-state index is 0.682. The maximum atomic E-state index is 5.25. The van der Waals surface area contributed by atoms with Crippen LogP contribution in [0, 0.1) is 0 Å². The molecule has 0 amide bonds. The number of nitrogens with zero attached hydrogens (tertiary/aromatic N) is 2. The second-order valence-electron chi connectivity index (χ2n) is 3.62. The predicted octanol–water partition coefficient (Wildman–Crippen LogP) is 0.792. The van der Waals surface area contributed by atoms with E-state index in [1.54, 1.807) is 7.11 Å². The second kappa shape index (κ2) is 9.04. The molecule has 0 fully saturated rings. The molecule has 1 rings (SSSR count). The lowest BCUT2D eigenvalue weighted by molar-refractivity contribution is 0.149. The molecular weight excluding hydrogens is 218 g/mol. The van der Waals surface area contributed by atoms with Gasteiger partial charge in [-0.2, -0.15) is 0 Å². The number of ether oxygens (including phenoxy) is 2. The van der Waals surface area contributed by atoms with Crippen LogP contribution in [-0.2, 0) is 22.4 Å². The van der Waals surface area contributed by atoms with Gasteiger partial charge in [-0.1, -0.05) is 0 Å². The molecule has 0 saturated heterocycles. The van der Waals surface area contributed by atoms with Crippen molar-refractivity contribution in [3.05, 3.63) is 23.8 Å². The first-order valence-electron chi connectivity index (χ1n) is 5.94. The molecule has 5 nitrogen and oxygen atoms in total. The average Bonchev–Trinajstić information content (AvgIpc) is 2.37. The summed E-state index contributed by atoms with van der Waals surface area (Å²) in [6.45, 7) is 5.73. The highest BCUT2D eigenvalue weighted by Gasteiger charge is 1.98. The summed E-state index contributed by atoms with van der Waals surface area (Å²) >= 11 is 0. The van der Waals surface area contributed by atoms with Crippen LogP contribution in [0.25, 0.3) is 0 Å². The zero-order chi connectivity index (χ0) is 12.3. The number of hydrogen-bond acceptors (Lipinski definition) is 5. The Labute approximate surface area is 103 Å². The zero-order valence-electron chi connectivity index (χ0n) is 10.6. The number of hydrogen-bond donors (Lipinski definition) is 1. The minimum absolute atomic E-state index is 0.682. The van der Waals surface area contributed by atoms with Gasteiger partial charge < -0.3 is 14.8 Å². The quantitative estimate of drug-likeness (QED) is 0.646. The van der Waals surface area contributed by atoms with Crippen LogP contribution in [0.15, 0.2) is 12.4 Å². The van der Waals surface area contributed by atoms with Crippen LogP contribution in [0.5, 0.6) is 0 Å². The average molecular weight is 239 g/mol. The van der Waals surface area contributed by atoms with Gasteiger partial charge in [-0.05, 0) is 6.92 Å². The van der Waals surface area contributed by atoms with Crippen molar-refractivity contribution >= 4 is 0 Å². The van der Waals surface area contributed by atoms with Crippen molar-refractivity contribution in [1.29, 1.82) is 0 Å². The van der Waals surface area contributed by atoms with Crippen molar-refractivity contribution in [2.45, 2.75) is 19.9 Å². The van der Waals surface area contributed by atoms with E-state index in [0.717, 1.165) is 37.5 Å². The largest absolute Gasteiger partial charge is 0.383 e. The van der Waals surface area contributed by atoms with Gasteiger partial charge in [0.1, 0.15) is 5.82 Å². The van der Waals surface area contributed by atoms with E-state index in [1.165, 1.54) is 0 Å². The maximum absolute atomic E-state index is 5.25. The smallest absolute Gasteiger partial charge is 0.130 e. The van der Waals surface area contributed by atoms with Crippen LogP contribution in [0.1, 0.15) is 18.3 Å². The molecule has 0 unspecified atom stereocenters. The summed E-state index contributed by atoms with van der Waals surface area (Å²) in [5.41, 5.74) is 1.08. The molecule has 0 bridgehead atoms. The van der Waals surface area contributed by atoms with Crippen molar-refractivity contribution in [3.8, 4) is 0 Å². The van der Waals surface area contributed by atoms with Crippen LogP contribution in [0.2, 0.25) is 0 Å². The number of rotatable bonds is 9. The third-order valence-corrected chi connectivity index (χ3v) is 2.25. The maximum Gasteiger partial charge on any atom is 0.130 e. The Bertz CT molecular complexity index is 290. The Morgan fingerprint density at radius 3 is 2.65 bits per heavy atom. The molecule has 0 aliphatic rings. The molecule has 1 heterocycles. The first-order valence-corrected chi connectivity index (χ1v) is 5.94. The molecule has 0 radical (unpaired) electrons. The summed E-state index contributed by atoms with van der Waals surface area (Å²) < 4.78 is 10.2. The van der Waals surface area contributed by atoms with Gasteiger partial charge in [0.05, 0.1) is 13.2 Å². The third-order valence-electron chi connectivity index (χ3n) is 2.25. The lowest BCUT2D eigenvalue weighted by Gasteiger charge is -2.04. The molecule has 96 valence electrons. The van der Waals surface area contributed by atoms with Gasteiger partial charge in [-0.25, -0.2) is 9.97 Å². The van der Waals surface area contributed by atoms with E-state index >= 15 is 0 Å². The molecule has 0 aliphatic heterocycles. The molecule has 0 spiro atoms. The lowest BCUT2D eigenvalue weighted by Crippen LogP contribution is -2.18. The fourth-order valence-corrected chi connectivity index (χ4v) is 1.32. The summed E-state index contributed by atoms with van der Waals surface area (Å²) in [6, 6.07) is 0. The predicted molar refractivity (Wildman–Crippen MR) is 65.8 cm³/mol. The number of aromatic nitrogens is 2. The topological polar surface area (TPSA) is 56.3 Å². The SMILES string of the molecule is CCOCCc1ncc(CNCCOC)cn1. The third kappa shape index (κ3) is 6.31. The molecule has 17 heavy (non-hydrogen) atoms. The first-order chi connectivity index (χ1) is 8.36. The Balaban J connectivity index is 2.24. The Morgan fingerprint density at radius 1 is 1.24 bits per heavy atom. The minimum Gasteiger partial charge on any atom is -0.383 e. The Morgan fingerprint density at radius 2 is 2.00 bits per heavy atom. The monoisotopic (exact) mass is 239 g/mol. The molecule has 0 aliphatic carbocycles. The van der Waals surface area contributed by atoms with Crippen LogP contribution in [-0.4, -0.2) is 43.4 Å². The molecule has 1 aromatic rings. The van der Waals surface area contributed by atoms with Gasteiger partial charge in [0.25, 0.3) is 0 Å². The van der Waals surface area contributed by atoms with Crippen molar-refractivity contribution in [3.63, 3.8) is 0 Å². The second-order valence-corrected chi connectivity index (χ2v) is 3.62. The first kappa shape index (κ1) is 14.0. The molecule has 0 aromatic carbocycles. The standard InChI is InChI=1S/C12H21N3O2/c1-3-17-6-4-12-14-9-11(10-15-12)8-13-5-7-16-2/h9-10,13H,3-8H2,1-2H3. The van der Waals surface area contributed by atoms with E-state index in [-0.39, 0.29) is 0 Å². The normalized spacial score (nSPS) is 10.7. The van der Waals surface area contributed by atoms with Gasteiger partial charge in [0.2, 0.25) is 0 Å². The highest BCUT2D eigenvalue weighted by atomic mass is 16.5. The Hall–Kier alpha value is -1.04. The zero-order valence-corrected chi connectivity index (χ0v) is 10.6.